The van der Waals surface area contributed by atoms with E-state index in [0.29, 0.717) is 48.5 Å². The van der Waals surface area contributed by atoms with Crippen LogP contribution in [0.1, 0.15) is 5.69 Å². The summed E-state index contributed by atoms with van der Waals surface area (Å²) in [5, 5.41) is 4.79. The molecule has 5 rings (SSSR count). The van der Waals surface area contributed by atoms with Gasteiger partial charge in [0.15, 0.2) is 9.84 Å². The van der Waals surface area contributed by atoms with Crippen molar-refractivity contribution < 1.29 is 22.1 Å². The molecule has 0 bridgehead atoms. The summed E-state index contributed by atoms with van der Waals surface area (Å²) >= 11 is 10.2. The maximum absolute atomic E-state index is 13.8. The Hall–Kier alpha value is -3.27. The van der Waals surface area contributed by atoms with Crippen molar-refractivity contribution >= 4 is 48.3 Å². The molecule has 2 heterocycles. The lowest BCUT2D eigenvalue weighted by atomic mass is 9.96. The van der Waals surface area contributed by atoms with Crippen LogP contribution in [-0.4, -0.2) is 25.7 Å². The first-order valence-electron chi connectivity index (χ1n) is 10.6. The smallest absolute Gasteiger partial charge is 0.184 e. The lowest BCUT2D eigenvalue weighted by Gasteiger charge is -2.16. The highest BCUT2D eigenvalue weighted by atomic mass is 79.9. The fourth-order valence-corrected chi connectivity index (χ4v) is 6.08. The van der Waals surface area contributed by atoms with Crippen LogP contribution in [0.2, 0.25) is 5.02 Å². The molecule has 0 amide bonds. The van der Waals surface area contributed by atoms with E-state index in [1.54, 1.807) is 36.5 Å². The number of ether oxygens (including phenoxy) is 1. The van der Waals surface area contributed by atoms with E-state index in [1.807, 2.05) is 0 Å². The van der Waals surface area contributed by atoms with Gasteiger partial charge in [-0.25, -0.2) is 12.8 Å². The van der Waals surface area contributed by atoms with Crippen LogP contribution in [0, 0.1) is 5.82 Å². The van der Waals surface area contributed by atoms with Gasteiger partial charge in [0.25, 0.3) is 0 Å². The number of rotatable bonds is 6. The third-order valence-electron chi connectivity index (χ3n) is 5.68. The van der Waals surface area contributed by atoms with E-state index in [1.165, 1.54) is 43.7 Å². The molecule has 0 N–H and O–H groups in total. The second-order valence-electron chi connectivity index (χ2n) is 7.95. The molecule has 2 aromatic heterocycles. The highest BCUT2D eigenvalue weighted by Crippen LogP contribution is 2.44. The van der Waals surface area contributed by atoms with Crippen LogP contribution < -0.4 is 4.74 Å². The molecule has 0 saturated heterocycles. The third-order valence-corrected chi connectivity index (χ3v) is 8.24. The molecular weight excluding hydrogens is 571 g/mol. The van der Waals surface area contributed by atoms with Crippen LogP contribution in [0.3, 0.4) is 0 Å². The molecular formula is C26H17BrClFN2O4S. The first kappa shape index (κ1) is 24.4. The van der Waals surface area contributed by atoms with Crippen LogP contribution in [0.15, 0.2) is 87.0 Å². The Kier molecular flexibility index (Phi) is 6.55. The Morgan fingerprint density at radius 1 is 1.08 bits per heavy atom. The number of hydrogen-bond acceptors (Lipinski definition) is 6. The maximum atomic E-state index is 13.8. The highest BCUT2D eigenvalue weighted by Gasteiger charge is 2.21. The number of sulfone groups is 1. The highest BCUT2D eigenvalue weighted by molar-refractivity contribution is 9.10. The van der Waals surface area contributed by atoms with Gasteiger partial charge in [-0.3, -0.25) is 4.98 Å². The van der Waals surface area contributed by atoms with Gasteiger partial charge in [0, 0.05) is 43.8 Å². The number of pyridine rings is 1. The van der Waals surface area contributed by atoms with Gasteiger partial charge in [0.05, 0.1) is 23.2 Å². The summed E-state index contributed by atoms with van der Waals surface area (Å²) in [6.45, 7) is 0. The zero-order valence-corrected chi connectivity index (χ0v) is 21.9. The predicted molar refractivity (Wildman–Crippen MR) is 139 cm³/mol. The van der Waals surface area contributed by atoms with Crippen molar-refractivity contribution in [2.75, 3.05) is 7.11 Å². The number of benzene rings is 3. The van der Waals surface area contributed by atoms with E-state index < -0.39 is 9.84 Å². The minimum Gasteiger partial charge on any atom is -0.496 e. The molecule has 0 fully saturated rings. The van der Waals surface area contributed by atoms with Gasteiger partial charge in [-0.05, 0) is 57.9 Å². The van der Waals surface area contributed by atoms with Crippen LogP contribution in [0.5, 0.6) is 5.75 Å². The van der Waals surface area contributed by atoms with Gasteiger partial charge in [-0.1, -0.05) is 35.0 Å². The summed E-state index contributed by atoms with van der Waals surface area (Å²) in [4.78, 5) is 4.55. The van der Waals surface area contributed by atoms with Crippen molar-refractivity contribution in [2.24, 2.45) is 0 Å². The Morgan fingerprint density at radius 2 is 1.92 bits per heavy atom. The largest absolute Gasteiger partial charge is 0.496 e. The lowest BCUT2D eigenvalue weighted by Crippen LogP contribution is -2.05. The topological polar surface area (TPSA) is 82.3 Å². The first-order chi connectivity index (χ1) is 17.3. The monoisotopic (exact) mass is 586 g/mol. The van der Waals surface area contributed by atoms with Gasteiger partial charge < -0.3 is 9.26 Å². The molecule has 10 heteroatoms. The molecule has 36 heavy (non-hydrogen) atoms. The molecule has 3 aromatic carbocycles. The zero-order valence-electron chi connectivity index (χ0n) is 18.7. The van der Waals surface area contributed by atoms with E-state index in [2.05, 4.69) is 26.1 Å². The Labute approximate surface area is 219 Å². The van der Waals surface area contributed by atoms with E-state index in [9.17, 15) is 12.8 Å². The molecule has 0 saturated carbocycles. The van der Waals surface area contributed by atoms with Crippen LogP contribution in [0.25, 0.3) is 33.2 Å². The number of aromatic nitrogens is 2. The number of nitrogens with zero attached hydrogens (tertiary/aromatic N) is 2. The van der Waals surface area contributed by atoms with Crippen LogP contribution >= 0.6 is 27.5 Å². The third kappa shape index (κ3) is 4.61. The summed E-state index contributed by atoms with van der Waals surface area (Å²) in [6, 6.07) is 15.9. The van der Waals surface area contributed by atoms with E-state index in [-0.39, 0.29) is 16.5 Å². The summed E-state index contributed by atoms with van der Waals surface area (Å²) in [5.41, 5.74) is 3.42. The van der Waals surface area contributed by atoms with Gasteiger partial charge >= 0.3 is 0 Å². The Balaban J connectivity index is 1.64. The summed E-state index contributed by atoms with van der Waals surface area (Å²) in [6.07, 6.45) is 2.92. The van der Waals surface area contributed by atoms with Crippen LogP contribution in [-0.2, 0) is 15.6 Å². The predicted octanol–water partition coefficient (Wildman–Crippen LogP) is 7.09. The normalized spacial score (nSPS) is 11.7. The Bertz CT molecular complexity index is 1710. The molecule has 0 aliphatic carbocycles. The SMILES string of the molecule is COc1cc(-c2cccc(F)c2)c(Cl)cc1-c1c(Br)cnc2cc(S(=O)(=O)Cc3ccon3)ccc12. The fourth-order valence-electron chi connectivity index (χ4n) is 4.00. The van der Waals surface area contributed by atoms with Crippen molar-refractivity contribution in [3.05, 3.63) is 94.1 Å². The lowest BCUT2D eigenvalue weighted by molar-refractivity contribution is 0.413. The minimum atomic E-state index is -3.67. The van der Waals surface area contributed by atoms with Crippen molar-refractivity contribution in [1.29, 1.82) is 0 Å². The fraction of sp³-hybridized carbons (Fsp3) is 0.0769. The van der Waals surface area contributed by atoms with E-state index in [4.69, 9.17) is 20.9 Å². The zero-order chi connectivity index (χ0) is 25.4. The second-order valence-corrected chi connectivity index (χ2v) is 11.2. The average molecular weight is 588 g/mol. The number of fused-ring (bicyclic) bond motifs is 1. The van der Waals surface area contributed by atoms with E-state index in [0.717, 1.165) is 5.56 Å². The first-order valence-corrected chi connectivity index (χ1v) is 13.4. The van der Waals surface area contributed by atoms with Crippen molar-refractivity contribution in [1.82, 2.24) is 10.1 Å². The quantitative estimate of drug-likeness (QED) is 0.211. The van der Waals surface area contributed by atoms with Gasteiger partial charge in [0.1, 0.15) is 23.6 Å². The van der Waals surface area contributed by atoms with Crippen molar-refractivity contribution in [2.45, 2.75) is 10.6 Å². The molecule has 5 aromatic rings. The molecule has 0 aliphatic rings. The Morgan fingerprint density at radius 3 is 2.64 bits per heavy atom. The summed E-state index contributed by atoms with van der Waals surface area (Å²) < 4.78 is 50.8. The van der Waals surface area contributed by atoms with Crippen LogP contribution in [0.4, 0.5) is 4.39 Å². The van der Waals surface area contributed by atoms with Gasteiger partial charge in [-0.2, -0.15) is 0 Å². The summed E-state index contributed by atoms with van der Waals surface area (Å²) in [7, 11) is -2.14. The van der Waals surface area contributed by atoms with Gasteiger partial charge in [0.2, 0.25) is 0 Å². The van der Waals surface area contributed by atoms with Gasteiger partial charge in [-0.15, -0.1) is 0 Å². The number of methoxy groups -OCH3 is 1. The second kappa shape index (κ2) is 9.65. The maximum Gasteiger partial charge on any atom is 0.184 e. The summed E-state index contributed by atoms with van der Waals surface area (Å²) in [5.74, 6) is -0.151. The molecule has 0 radical (unpaired) electrons. The standard InChI is InChI=1S/C26H17BrClFN2O4S/c1-34-25-12-20(15-3-2-4-16(29)9-15)23(28)11-21(25)26-19-6-5-18(10-24(19)30-13-22(26)27)36(32,33)14-17-7-8-35-31-17/h2-13H,14H2,1H3. The van der Waals surface area contributed by atoms with Crippen molar-refractivity contribution in [3.63, 3.8) is 0 Å². The molecule has 0 spiro atoms. The van der Waals surface area contributed by atoms with Crippen molar-refractivity contribution in [3.8, 4) is 28.0 Å². The molecule has 182 valence electrons. The molecule has 0 atom stereocenters. The number of hydrogen-bond donors (Lipinski definition) is 0. The minimum absolute atomic E-state index is 0.116. The number of halogens is 3. The average Bonchev–Trinajstić information content (AvgIpc) is 3.36. The molecule has 6 nitrogen and oxygen atoms in total. The molecule has 0 aliphatic heterocycles. The molecule has 0 unspecified atom stereocenters. The van der Waals surface area contributed by atoms with E-state index >= 15 is 0 Å².